The molecular weight excluding hydrogens is 805 g/mol. The Kier molecular flexibility index (Phi) is 11.9. The molecule has 5 aromatic rings. The van der Waals surface area contributed by atoms with Gasteiger partial charge in [0.05, 0.1) is 5.69 Å². The summed E-state index contributed by atoms with van der Waals surface area (Å²) < 4.78 is 0. The van der Waals surface area contributed by atoms with Gasteiger partial charge in [-0.15, -0.1) is 29.1 Å². The standard InChI is InChI=1S/C31H27N2.C15H28O2.Ir/c1-30(2,3)21-14-15-22-20(17-21)10-8-12-24(22)28-27-29(33-18-32-28)26-23-11-7-6-9-19(23)13-16-25(26)31(27,4)5;1-7-14(5,8-2)12(16)11-13(17)15(6,9-3)10-4;/h6-11,13-18H,1-5H3;11,16H,7-10H2,1-6H3;/q-1;;/b;12-11-;. The Hall–Kier alpha value is -3.66. The Morgan fingerprint density at radius 1 is 0.784 bits per heavy atom. The first-order valence-electron chi connectivity index (χ1n) is 18.3. The summed E-state index contributed by atoms with van der Waals surface area (Å²) in [6, 6.07) is 27.6. The molecule has 1 aliphatic carbocycles. The molecule has 0 saturated carbocycles. The number of allylic oxidation sites excluding steroid dienone is 2. The van der Waals surface area contributed by atoms with Gasteiger partial charge in [0.15, 0.2) is 5.78 Å². The molecule has 1 radical (unpaired) electrons. The second-order valence-electron chi connectivity index (χ2n) is 16.1. The third kappa shape index (κ3) is 7.35. The zero-order chi connectivity index (χ0) is 36.6. The maximum atomic E-state index is 12.2. The van der Waals surface area contributed by atoms with Crippen molar-refractivity contribution in [2.75, 3.05) is 0 Å². The molecule has 0 bridgehead atoms. The predicted octanol–water partition coefficient (Wildman–Crippen LogP) is 12.5. The largest absolute Gasteiger partial charge is 0.512 e. The molecule has 4 aromatic carbocycles. The molecule has 1 heterocycles. The number of benzene rings is 4. The van der Waals surface area contributed by atoms with Crippen LogP contribution in [0.1, 0.15) is 119 Å². The van der Waals surface area contributed by atoms with Gasteiger partial charge in [-0.25, -0.2) is 4.98 Å². The number of carbonyl (C=O) groups is 1. The van der Waals surface area contributed by atoms with Crippen molar-refractivity contribution in [3.8, 4) is 22.5 Å². The van der Waals surface area contributed by atoms with Crippen LogP contribution in [0.3, 0.4) is 0 Å². The van der Waals surface area contributed by atoms with E-state index < -0.39 is 0 Å². The van der Waals surface area contributed by atoms with E-state index in [9.17, 15) is 9.90 Å². The average molecular weight is 860 g/mol. The molecule has 4 nitrogen and oxygen atoms in total. The first-order chi connectivity index (χ1) is 23.6. The second-order valence-corrected chi connectivity index (χ2v) is 16.1. The molecule has 5 heteroatoms. The van der Waals surface area contributed by atoms with Crippen molar-refractivity contribution in [3.63, 3.8) is 0 Å². The SMILES string of the molecule is CC(C)(C)c1ccc2c(-c3ncnc4c3C(C)(C)c3ccc5ccccc5c3-4)[c-]ccc2c1.CCC(C)(CC)C(=O)/C=C(\O)C(C)(CC)CC.[Ir]. The molecule has 271 valence electrons. The van der Waals surface area contributed by atoms with Crippen LogP contribution in [0.15, 0.2) is 84.9 Å². The van der Waals surface area contributed by atoms with E-state index in [-0.39, 0.29) is 53.3 Å². The van der Waals surface area contributed by atoms with E-state index in [1.165, 1.54) is 49.9 Å². The summed E-state index contributed by atoms with van der Waals surface area (Å²) in [5.41, 5.74) is 7.47. The maximum absolute atomic E-state index is 12.2. The Labute approximate surface area is 319 Å². The van der Waals surface area contributed by atoms with Gasteiger partial charge in [-0.05, 0) is 64.3 Å². The van der Waals surface area contributed by atoms with Crippen LogP contribution < -0.4 is 0 Å². The quantitative estimate of drug-likeness (QED) is 0.0959. The Morgan fingerprint density at radius 3 is 2.04 bits per heavy atom. The van der Waals surface area contributed by atoms with E-state index in [2.05, 4.69) is 101 Å². The van der Waals surface area contributed by atoms with Crippen molar-refractivity contribution >= 4 is 27.3 Å². The molecule has 0 atom stereocenters. The van der Waals surface area contributed by atoms with Gasteiger partial charge in [0.25, 0.3) is 0 Å². The first-order valence-corrected chi connectivity index (χ1v) is 18.3. The summed E-state index contributed by atoms with van der Waals surface area (Å²) in [6.45, 7) is 23.4. The molecule has 0 amide bonds. The van der Waals surface area contributed by atoms with Gasteiger partial charge in [-0.2, -0.15) is 0 Å². The summed E-state index contributed by atoms with van der Waals surface area (Å²) in [4.78, 5) is 21.9. The predicted molar refractivity (Wildman–Crippen MR) is 211 cm³/mol. The topological polar surface area (TPSA) is 63.1 Å². The zero-order valence-electron chi connectivity index (χ0n) is 32.4. The van der Waals surface area contributed by atoms with Crippen LogP contribution >= 0.6 is 0 Å². The van der Waals surface area contributed by atoms with Crippen LogP contribution in [-0.4, -0.2) is 20.9 Å². The van der Waals surface area contributed by atoms with E-state index in [0.717, 1.165) is 42.6 Å². The van der Waals surface area contributed by atoms with Crippen LogP contribution in [-0.2, 0) is 35.7 Å². The summed E-state index contributed by atoms with van der Waals surface area (Å²) in [5.74, 6) is 0.286. The maximum Gasteiger partial charge on any atom is 0.164 e. The van der Waals surface area contributed by atoms with Gasteiger partial charge in [0.2, 0.25) is 0 Å². The van der Waals surface area contributed by atoms with Crippen LogP contribution in [0.2, 0.25) is 0 Å². The number of hydrogen-bond donors (Lipinski definition) is 1. The van der Waals surface area contributed by atoms with E-state index in [1.54, 1.807) is 6.33 Å². The van der Waals surface area contributed by atoms with Crippen molar-refractivity contribution in [2.45, 2.75) is 113 Å². The molecular formula is C46H55IrN2O2-. The molecule has 1 aromatic heterocycles. The minimum absolute atomic E-state index is 0. The molecule has 0 aliphatic heterocycles. The van der Waals surface area contributed by atoms with Gasteiger partial charge >= 0.3 is 0 Å². The van der Waals surface area contributed by atoms with E-state index in [4.69, 9.17) is 9.97 Å². The van der Waals surface area contributed by atoms with Gasteiger partial charge in [-0.3, -0.25) is 9.78 Å². The molecule has 0 unspecified atom stereocenters. The number of hydrogen-bond acceptors (Lipinski definition) is 4. The Balaban J connectivity index is 0.000000279. The molecule has 6 rings (SSSR count). The zero-order valence-corrected chi connectivity index (χ0v) is 34.8. The number of nitrogens with zero attached hydrogens (tertiary/aromatic N) is 2. The van der Waals surface area contributed by atoms with Crippen LogP contribution in [0.25, 0.3) is 44.1 Å². The number of rotatable bonds is 8. The van der Waals surface area contributed by atoms with Gasteiger partial charge in [0.1, 0.15) is 12.1 Å². The van der Waals surface area contributed by atoms with Crippen molar-refractivity contribution in [1.82, 2.24) is 9.97 Å². The third-order valence-electron chi connectivity index (χ3n) is 11.8. The minimum atomic E-state index is -0.337. The summed E-state index contributed by atoms with van der Waals surface area (Å²) in [7, 11) is 0. The summed E-state index contributed by atoms with van der Waals surface area (Å²) in [5, 5.41) is 15.0. The number of ketones is 1. The van der Waals surface area contributed by atoms with Gasteiger partial charge in [0, 0.05) is 48.0 Å². The number of aliphatic hydroxyl groups excluding tert-OH is 1. The van der Waals surface area contributed by atoms with E-state index >= 15 is 0 Å². The van der Waals surface area contributed by atoms with Crippen molar-refractivity contribution in [1.29, 1.82) is 0 Å². The molecule has 0 fully saturated rings. The smallest absolute Gasteiger partial charge is 0.164 e. The van der Waals surface area contributed by atoms with E-state index in [1.807, 2.05) is 47.6 Å². The number of fused-ring (bicyclic) bond motifs is 6. The van der Waals surface area contributed by atoms with E-state index in [0.29, 0.717) is 0 Å². The Morgan fingerprint density at radius 2 is 1.41 bits per heavy atom. The third-order valence-corrected chi connectivity index (χ3v) is 11.8. The number of carbonyl (C=O) groups excluding carboxylic acids is 1. The molecule has 1 aliphatic rings. The monoisotopic (exact) mass is 860 g/mol. The normalized spacial score (nSPS) is 14.0. The Bertz CT molecular complexity index is 2080. The van der Waals surface area contributed by atoms with Crippen LogP contribution in [0.4, 0.5) is 0 Å². The van der Waals surface area contributed by atoms with Crippen LogP contribution in [0, 0.1) is 16.9 Å². The summed E-state index contributed by atoms with van der Waals surface area (Å²) >= 11 is 0. The number of aliphatic hydroxyl groups is 1. The van der Waals surface area contributed by atoms with Crippen molar-refractivity contribution < 1.29 is 30.0 Å². The van der Waals surface area contributed by atoms with Gasteiger partial charge in [-0.1, -0.05) is 136 Å². The fraction of sp³-hybridized carbons (Fsp3) is 0.413. The first kappa shape index (κ1) is 40.1. The van der Waals surface area contributed by atoms with Gasteiger partial charge < -0.3 is 5.11 Å². The molecule has 0 spiro atoms. The average Bonchev–Trinajstić information content (AvgIpc) is 3.36. The second kappa shape index (κ2) is 15.1. The fourth-order valence-electron chi connectivity index (χ4n) is 7.11. The minimum Gasteiger partial charge on any atom is -0.512 e. The molecule has 0 saturated heterocycles. The molecule has 51 heavy (non-hydrogen) atoms. The van der Waals surface area contributed by atoms with Crippen LogP contribution in [0.5, 0.6) is 0 Å². The summed E-state index contributed by atoms with van der Waals surface area (Å²) in [6.07, 6.45) is 6.47. The fourth-order valence-corrected chi connectivity index (χ4v) is 7.11. The van der Waals surface area contributed by atoms with Crippen molar-refractivity contribution in [3.05, 3.63) is 108 Å². The van der Waals surface area contributed by atoms with Crippen molar-refractivity contribution in [2.24, 2.45) is 10.8 Å². The molecule has 1 N–H and O–H groups in total. The number of aromatic nitrogens is 2.